The Morgan fingerprint density at radius 3 is 2.67 bits per heavy atom. The van der Waals surface area contributed by atoms with Gasteiger partial charge in [0.1, 0.15) is 17.5 Å². The lowest BCUT2D eigenvalue weighted by molar-refractivity contribution is 0.484. The molecule has 0 saturated carbocycles. The first-order valence-electron chi connectivity index (χ1n) is 9.96. The number of piperidine rings is 1. The highest BCUT2D eigenvalue weighted by atomic mass is 15.3. The third-order valence-electron chi connectivity index (χ3n) is 5.31. The van der Waals surface area contributed by atoms with Gasteiger partial charge in [-0.1, -0.05) is 33.8 Å². The Morgan fingerprint density at radius 1 is 1.04 bits per heavy atom. The van der Waals surface area contributed by atoms with Crippen molar-refractivity contribution in [1.82, 2.24) is 24.6 Å². The Bertz CT molecular complexity index is 903. The average molecular weight is 364 g/mol. The lowest BCUT2D eigenvalue weighted by Gasteiger charge is -2.33. The second-order valence-corrected chi connectivity index (χ2v) is 8.09. The number of anilines is 1. The van der Waals surface area contributed by atoms with Crippen LogP contribution in [0.3, 0.4) is 0 Å². The maximum atomic E-state index is 4.89. The van der Waals surface area contributed by atoms with Crippen molar-refractivity contribution in [3.05, 3.63) is 47.8 Å². The summed E-state index contributed by atoms with van der Waals surface area (Å²) in [6.07, 6.45) is 4.32. The first kappa shape index (κ1) is 17.9. The van der Waals surface area contributed by atoms with Crippen molar-refractivity contribution < 1.29 is 0 Å². The van der Waals surface area contributed by atoms with Gasteiger partial charge in [-0.3, -0.25) is 4.40 Å². The van der Waals surface area contributed by atoms with Crippen molar-refractivity contribution in [2.45, 2.75) is 58.3 Å². The molecule has 0 aliphatic carbocycles. The van der Waals surface area contributed by atoms with Crippen LogP contribution in [0.5, 0.6) is 0 Å². The van der Waals surface area contributed by atoms with Crippen LogP contribution in [0.25, 0.3) is 5.65 Å². The molecule has 0 amide bonds. The van der Waals surface area contributed by atoms with E-state index in [1.54, 1.807) is 0 Å². The van der Waals surface area contributed by atoms with Gasteiger partial charge < -0.3 is 4.90 Å². The van der Waals surface area contributed by atoms with E-state index in [2.05, 4.69) is 59.5 Å². The van der Waals surface area contributed by atoms with Crippen LogP contribution < -0.4 is 4.90 Å². The fraction of sp³-hybridized carbons (Fsp3) is 0.524. The summed E-state index contributed by atoms with van der Waals surface area (Å²) in [5, 5.41) is 8.83. The fourth-order valence-corrected chi connectivity index (χ4v) is 3.72. The van der Waals surface area contributed by atoms with E-state index >= 15 is 0 Å². The van der Waals surface area contributed by atoms with Crippen molar-refractivity contribution >= 4 is 11.5 Å². The fourth-order valence-electron chi connectivity index (χ4n) is 3.72. The van der Waals surface area contributed by atoms with Crippen LogP contribution in [-0.2, 0) is 0 Å². The highest BCUT2D eigenvalue weighted by molar-refractivity contribution is 5.43. The van der Waals surface area contributed by atoms with E-state index in [-0.39, 0.29) is 0 Å². The number of hydrogen-bond acceptors (Lipinski definition) is 5. The second kappa shape index (κ2) is 7.25. The molecule has 0 bridgehead atoms. The second-order valence-electron chi connectivity index (χ2n) is 8.09. The smallest absolute Gasteiger partial charge is 0.160 e. The molecule has 4 rings (SSSR count). The minimum atomic E-state index is 0.323. The molecule has 1 aliphatic heterocycles. The summed E-state index contributed by atoms with van der Waals surface area (Å²) in [4.78, 5) is 12.1. The van der Waals surface area contributed by atoms with Gasteiger partial charge in [0.05, 0.1) is 0 Å². The highest BCUT2D eigenvalue weighted by Gasteiger charge is 2.27. The van der Waals surface area contributed by atoms with Crippen LogP contribution >= 0.6 is 0 Å². The Hall–Kier alpha value is -2.50. The SMILES string of the molecule is CC(C)c1cc(N2CCCC(c3nnc4ccccn34)C2)nc(C(C)C)n1. The predicted molar refractivity (Wildman–Crippen MR) is 107 cm³/mol. The number of nitrogens with zero attached hydrogens (tertiary/aromatic N) is 6. The summed E-state index contributed by atoms with van der Waals surface area (Å²) < 4.78 is 2.12. The van der Waals surface area contributed by atoms with E-state index < -0.39 is 0 Å². The molecule has 4 heterocycles. The molecule has 3 aromatic rings. The number of rotatable bonds is 4. The van der Waals surface area contributed by atoms with Gasteiger partial charge in [-0.2, -0.15) is 0 Å². The van der Waals surface area contributed by atoms with Gasteiger partial charge in [0.15, 0.2) is 5.65 Å². The van der Waals surface area contributed by atoms with Crippen LogP contribution in [0.2, 0.25) is 0 Å². The average Bonchev–Trinajstić information content (AvgIpc) is 3.12. The number of fused-ring (bicyclic) bond motifs is 1. The lowest BCUT2D eigenvalue weighted by atomic mass is 9.97. The van der Waals surface area contributed by atoms with Gasteiger partial charge in [0, 0.05) is 42.9 Å². The molecule has 1 unspecified atom stereocenters. The topological polar surface area (TPSA) is 59.2 Å². The standard InChI is InChI=1S/C21H28N6/c1-14(2)17-12-19(23-20(22-17)15(3)4)26-10-7-8-16(13-26)21-25-24-18-9-5-6-11-27(18)21/h5-6,9,11-12,14-16H,7-8,10,13H2,1-4H3. The quantitative estimate of drug-likeness (QED) is 0.696. The van der Waals surface area contributed by atoms with Crippen molar-refractivity contribution in [3.63, 3.8) is 0 Å². The predicted octanol–water partition coefficient (Wildman–Crippen LogP) is 4.15. The summed E-state index contributed by atoms with van der Waals surface area (Å²) in [6, 6.07) is 8.21. The lowest BCUT2D eigenvalue weighted by Crippen LogP contribution is -2.36. The summed E-state index contributed by atoms with van der Waals surface area (Å²) in [5.74, 6) is 4.12. The van der Waals surface area contributed by atoms with Gasteiger partial charge >= 0.3 is 0 Å². The van der Waals surface area contributed by atoms with Crippen molar-refractivity contribution in [2.75, 3.05) is 18.0 Å². The summed E-state index contributed by atoms with van der Waals surface area (Å²) in [7, 11) is 0. The minimum Gasteiger partial charge on any atom is -0.356 e. The molecule has 142 valence electrons. The van der Waals surface area contributed by atoms with Crippen LogP contribution in [0.15, 0.2) is 30.5 Å². The molecule has 6 heteroatoms. The first-order valence-corrected chi connectivity index (χ1v) is 9.96. The minimum absolute atomic E-state index is 0.323. The summed E-state index contributed by atoms with van der Waals surface area (Å²) >= 11 is 0. The number of hydrogen-bond donors (Lipinski definition) is 0. The van der Waals surface area contributed by atoms with E-state index in [0.717, 1.165) is 54.7 Å². The van der Waals surface area contributed by atoms with Gasteiger partial charge in [-0.25, -0.2) is 9.97 Å². The monoisotopic (exact) mass is 364 g/mol. The largest absolute Gasteiger partial charge is 0.356 e. The Balaban J connectivity index is 1.65. The van der Waals surface area contributed by atoms with Crippen LogP contribution in [0.4, 0.5) is 5.82 Å². The van der Waals surface area contributed by atoms with Crippen LogP contribution in [-0.4, -0.2) is 37.7 Å². The van der Waals surface area contributed by atoms with E-state index in [1.807, 2.05) is 18.2 Å². The molecule has 0 aromatic carbocycles. The van der Waals surface area contributed by atoms with Crippen LogP contribution in [0.1, 0.15) is 75.6 Å². The van der Waals surface area contributed by atoms with Gasteiger partial charge in [-0.15, -0.1) is 10.2 Å². The Labute approximate surface area is 160 Å². The number of aromatic nitrogens is 5. The van der Waals surface area contributed by atoms with Crippen molar-refractivity contribution in [1.29, 1.82) is 0 Å². The van der Waals surface area contributed by atoms with Gasteiger partial charge in [-0.05, 0) is 30.9 Å². The normalized spacial score (nSPS) is 18.0. The third-order valence-corrected chi connectivity index (χ3v) is 5.31. The van der Waals surface area contributed by atoms with Crippen molar-refractivity contribution in [2.24, 2.45) is 0 Å². The molecule has 1 saturated heterocycles. The Morgan fingerprint density at radius 2 is 1.89 bits per heavy atom. The van der Waals surface area contributed by atoms with Crippen LogP contribution in [0, 0.1) is 0 Å². The zero-order valence-electron chi connectivity index (χ0n) is 16.6. The van der Waals surface area contributed by atoms with E-state index in [1.165, 1.54) is 0 Å². The molecule has 27 heavy (non-hydrogen) atoms. The molecule has 0 N–H and O–H groups in total. The molecular formula is C21H28N6. The zero-order chi connectivity index (χ0) is 19.0. The molecular weight excluding hydrogens is 336 g/mol. The van der Waals surface area contributed by atoms with Crippen molar-refractivity contribution in [3.8, 4) is 0 Å². The highest BCUT2D eigenvalue weighted by Crippen LogP contribution is 2.30. The molecule has 3 aromatic heterocycles. The van der Waals surface area contributed by atoms with E-state index in [4.69, 9.17) is 9.97 Å². The van der Waals surface area contributed by atoms with E-state index in [9.17, 15) is 0 Å². The maximum absolute atomic E-state index is 4.89. The molecule has 1 atom stereocenters. The third kappa shape index (κ3) is 3.53. The molecule has 6 nitrogen and oxygen atoms in total. The Kier molecular flexibility index (Phi) is 4.81. The molecule has 0 spiro atoms. The van der Waals surface area contributed by atoms with Gasteiger partial charge in [0.2, 0.25) is 0 Å². The van der Waals surface area contributed by atoms with E-state index in [0.29, 0.717) is 17.8 Å². The summed E-state index contributed by atoms with van der Waals surface area (Å²) in [5.41, 5.74) is 2.04. The molecule has 1 aliphatic rings. The summed E-state index contributed by atoms with van der Waals surface area (Å²) in [6.45, 7) is 10.6. The first-order chi connectivity index (χ1) is 13.0. The van der Waals surface area contributed by atoms with Gasteiger partial charge in [0.25, 0.3) is 0 Å². The number of pyridine rings is 1. The molecule has 0 radical (unpaired) electrons. The zero-order valence-corrected chi connectivity index (χ0v) is 16.6. The molecule has 1 fully saturated rings. The maximum Gasteiger partial charge on any atom is 0.160 e.